The average Bonchev–Trinajstić information content (AvgIpc) is 2.93. The average molecular weight is 264 g/mol. The smallest absolute Gasteiger partial charge is 0.122 e. The Hall–Kier alpha value is -1.66. The van der Waals surface area contributed by atoms with Crippen LogP contribution in [0.3, 0.4) is 0 Å². The lowest BCUT2D eigenvalue weighted by Gasteiger charge is -2.01. The van der Waals surface area contributed by atoms with Crippen LogP contribution in [0.25, 0.3) is 10.4 Å². The lowest BCUT2D eigenvalue weighted by molar-refractivity contribution is 0.203. The highest BCUT2D eigenvalue weighted by Gasteiger charge is 2.08. The van der Waals surface area contributed by atoms with Gasteiger partial charge >= 0.3 is 0 Å². The minimum Gasteiger partial charge on any atom is -0.388 e. The summed E-state index contributed by atoms with van der Waals surface area (Å²) in [5.74, 6) is 0. The van der Waals surface area contributed by atoms with Crippen molar-refractivity contribution in [3.8, 4) is 0 Å². The van der Waals surface area contributed by atoms with Crippen LogP contribution in [0.4, 0.5) is 0 Å². The molecule has 96 valence electrons. The van der Waals surface area contributed by atoms with Gasteiger partial charge in [-0.15, -0.1) is 11.3 Å². The second kappa shape index (κ2) is 5.79. The topological polar surface area (TPSA) is 62.4 Å². The van der Waals surface area contributed by atoms with Crippen molar-refractivity contribution < 1.29 is 4.74 Å². The molecule has 5 nitrogen and oxygen atoms in total. The molecule has 0 amide bonds. The monoisotopic (exact) mass is 264 g/mol. The number of hydrogen-bond acceptors (Lipinski definition) is 5. The van der Waals surface area contributed by atoms with E-state index in [9.17, 15) is 0 Å². The predicted molar refractivity (Wildman–Crippen MR) is 74.4 cm³/mol. The third-order valence-corrected chi connectivity index (χ3v) is 3.78. The molecule has 0 saturated heterocycles. The van der Waals surface area contributed by atoms with E-state index in [1.807, 2.05) is 30.0 Å². The molecule has 2 N–H and O–H groups in total. The fourth-order valence-electron chi connectivity index (χ4n) is 1.56. The van der Waals surface area contributed by atoms with E-state index in [0.29, 0.717) is 6.61 Å². The fourth-order valence-corrected chi connectivity index (χ4v) is 2.56. The summed E-state index contributed by atoms with van der Waals surface area (Å²) in [6.45, 7) is 3.41. The zero-order valence-corrected chi connectivity index (χ0v) is 11.3. The van der Waals surface area contributed by atoms with Gasteiger partial charge in [-0.05, 0) is 6.92 Å². The molecule has 2 rings (SSSR count). The molecule has 0 radical (unpaired) electrons. The number of nitrogens with one attached hydrogen (secondary N) is 2. The van der Waals surface area contributed by atoms with Crippen molar-refractivity contribution in [2.45, 2.75) is 6.92 Å². The first-order valence-electron chi connectivity index (χ1n) is 5.63. The molecule has 0 saturated carbocycles. The lowest BCUT2D eigenvalue weighted by Crippen LogP contribution is -2.13. The van der Waals surface area contributed by atoms with Crippen molar-refractivity contribution in [1.82, 2.24) is 14.9 Å². The Morgan fingerprint density at radius 1 is 1.67 bits per heavy atom. The van der Waals surface area contributed by atoms with E-state index < -0.39 is 0 Å². The molecule has 0 spiro atoms. The van der Waals surface area contributed by atoms with Crippen molar-refractivity contribution >= 4 is 28.0 Å². The van der Waals surface area contributed by atoms with Crippen molar-refractivity contribution in [2.75, 3.05) is 20.3 Å². The van der Waals surface area contributed by atoms with Crippen molar-refractivity contribution in [3.05, 3.63) is 29.0 Å². The van der Waals surface area contributed by atoms with Gasteiger partial charge in [0.1, 0.15) is 4.83 Å². The number of rotatable bonds is 6. The van der Waals surface area contributed by atoms with Crippen LogP contribution in [0, 0.1) is 12.3 Å². The van der Waals surface area contributed by atoms with E-state index in [-0.39, 0.29) is 0 Å². The number of hydrogen-bond donors (Lipinski definition) is 2. The van der Waals surface area contributed by atoms with Crippen LogP contribution >= 0.6 is 11.3 Å². The van der Waals surface area contributed by atoms with Crippen LogP contribution in [-0.4, -0.2) is 36.1 Å². The highest BCUT2D eigenvalue weighted by molar-refractivity contribution is 7.18. The number of fused-ring (bicyclic) bond motifs is 1. The normalized spacial score (nSPS) is 12.0. The number of ether oxygens (including phenoxy) is 1. The molecular formula is C12H16N4OS. The van der Waals surface area contributed by atoms with Gasteiger partial charge in [-0.2, -0.15) is 5.10 Å². The second-order valence-electron chi connectivity index (χ2n) is 3.86. The third kappa shape index (κ3) is 2.60. The van der Waals surface area contributed by atoms with E-state index >= 15 is 0 Å². The molecule has 2 heterocycles. The van der Waals surface area contributed by atoms with Gasteiger partial charge < -0.3 is 15.5 Å². The Labute approximate surface area is 110 Å². The fraction of sp³-hybridized carbons (Fsp3) is 0.333. The third-order valence-electron chi connectivity index (χ3n) is 2.52. The molecule has 2 aromatic rings. The zero-order chi connectivity index (χ0) is 13.0. The van der Waals surface area contributed by atoms with Crippen molar-refractivity contribution in [3.63, 3.8) is 0 Å². The summed E-state index contributed by atoms with van der Waals surface area (Å²) in [6.07, 6.45) is 6.98. The van der Waals surface area contributed by atoms with Crippen molar-refractivity contribution in [2.24, 2.45) is 0 Å². The molecule has 2 aromatic heterocycles. The molecule has 18 heavy (non-hydrogen) atoms. The van der Waals surface area contributed by atoms with Crippen LogP contribution < -0.4 is 5.32 Å². The van der Waals surface area contributed by atoms with Gasteiger partial charge in [-0.3, -0.25) is 0 Å². The van der Waals surface area contributed by atoms with Gasteiger partial charge in [0, 0.05) is 43.4 Å². The van der Waals surface area contributed by atoms with Crippen molar-refractivity contribution in [1.29, 1.82) is 5.41 Å². The first-order chi connectivity index (χ1) is 8.76. The highest BCUT2D eigenvalue weighted by Crippen LogP contribution is 2.25. The maximum atomic E-state index is 7.47. The molecule has 0 aliphatic rings. The van der Waals surface area contributed by atoms with Gasteiger partial charge in [-0.25, -0.2) is 4.52 Å². The molecule has 0 aliphatic heterocycles. The van der Waals surface area contributed by atoms with E-state index in [1.165, 1.54) is 6.21 Å². The summed E-state index contributed by atoms with van der Waals surface area (Å²) in [5, 5.41) is 14.8. The number of aryl methyl sites for hydroxylation is 1. The molecule has 0 bridgehead atoms. The Balaban J connectivity index is 2.18. The molecule has 0 unspecified atom stereocenters. The molecular weight excluding hydrogens is 248 g/mol. The van der Waals surface area contributed by atoms with Crippen LogP contribution in [0.1, 0.15) is 10.4 Å². The van der Waals surface area contributed by atoms with Gasteiger partial charge in [0.25, 0.3) is 0 Å². The molecule has 0 atom stereocenters. The van der Waals surface area contributed by atoms with Gasteiger partial charge in [0.15, 0.2) is 0 Å². The number of allylic oxidation sites excluding steroid dienone is 1. The standard InChI is InChI=1S/C12H16N4OS/c1-9-6-15-16-8-11(18-12(9)16)10(5-13)7-14-3-4-17-2/h5-8,13-14H,3-4H2,1-2H3/b10-7+,13-5?. The first-order valence-corrected chi connectivity index (χ1v) is 6.45. The Morgan fingerprint density at radius 3 is 3.17 bits per heavy atom. The van der Waals surface area contributed by atoms with Gasteiger partial charge in [-0.1, -0.05) is 0 Å². The zero-order valence-electron chi connectivity index (χ0n) is 10.4. The van der Waals surface area contributed by atoms with Crippen LogP contribution in [0.15, 0.2) is 18.6 Å². The summed E-state index contributed by atoms with van der Waals surface area (Å²) < 4.78 is 6.80. The largest absolute Gasteiger partial charge is 0.388 e. The maximum Gasteiger partial charge on any atom is 0.122 e. The summed E-state index contributed by atoms with van der Waals surface area (Å²) >= 11 is 1.64. The van der Waals surface area contributed by atoms with Crippen LogP contribution in [0.5, 0.6) is 0 Å². The summed E-state index contributed by atoms with van der Waals surface area (Å²) in [6, 6.07) is 0. The maximum absolute atomic E-state index is 7.47. The summed E-state index contributed by atoms with van der Waals surface area (Å²) in [5.41, 5.74) is 2.00. The summed E-state index contributed by atoms with van der Waals surface area (Å²) in [7, 11) is 1.67. The second-order valence-corrected chi connectivity index (χ2v) is 4.89. The summed E-state index contributed by atoms with van der Waals surface area (Å²) in [4.78, 5) is 2.15. The van der Waals surface area contributed by atoms with E-state index in [4.69, 9.17) is 10.1 Å². The minimum atomic E-state index is 0.647. The number of aromatic nitrogens is 2. The number of methoxy groups -OCH3 is 1. The number of nitrogens with zero attached hydrogens (tertiary/aromatic N) is 2. The molecule has 6 heteroatoms. The van der Waals surface area contributed by atoms with Crippen LogP contribution in [0.2, 0.25) is 0 Å². The van der Waals surface area contributed by atoms with E-state index in [2.05, 4.69) is 10.4 Å². The SMILES string of the molecule is COCCN/C=C(\C=N)c1cn2ncc(C)c2s1. The first kappa shape index (κ1) is 12.8. The van der Waals surface area contributed by atoms with Gasteiger partial charge in [0.05, 0.1) is 17.7 Å². The molecule has 0 fully saturated rings. The Bertz CT molecular complexity index is 570. The van der Waals surface area contributed by atoms with Gasteiger partial charge in [0.2, 0.25) is 0 Å². The Morgan fingerprint density at radius 2 is 2.50 bits per heavy atom. The van der Waals surface area contributed by atoms with E-state index in [0.717, 1.165) is 27.4 Å². The molecule has 0 aliphatic carbocycles. The quantitative estimate of drug-likeness (QED) is 0.619. The minimum absolute atomic E-state index is 0.647. The number of thiazole rings is 1. The lowest BCUT2D eigenvalue weighted by atomic mass is 10.3. The molecule has 0 aromatic carbocycles. The highest BCUT2D eigenvalue weighted by atomic mass is 32.1. The predicted octanol–water partition coefficient (Wildman–Crippen LogP) is 1.93. The van der Waals surface area contributed by atoms with E-state index in [1.54, 1.807) is 18.4 Å². The Kier molecular flexibility index (Phi) is 4.11. The van der Waals surface area contributed by atoms with Crippen LogP contribution in [-0.2, 0) is 4.74 Å².